The minimum atomic E-state index is -0.210. The van der Waals surface area contributed by atoms with Crippen LogP contribution in [0.3, 0.4) is 0 Å². The SMILES string of the molecule is COc1cccc(C2=CC3CCC(C2)N3C(=O)OCC2c3ccccc3-c3ccccc32)n1. The van der Waals surface area contributed by atoms with E-state index in [1.165, 1.54) is 27.8 Å². The van der Waals surface area contributed by atoms with Crippen molar-refractivity contribution >= 4 is 11.7 Å². The molecule has 2 aliphatic heterocycles. The minimum Gasteiger partial charge on any atom is -0.481 e. The van der Waals surface area contributed by atoms with E-state index in [1.54, 1.807) is 7.11 Å². The van der Waals surface area contributed by atoms with Crippen molar-refractivity contribution in [2.24, 2.45) is 0 Å². The van der Waals surface area contributed by atoms with Crippen LogP contribution < -0.4 is 4.74 Å². The Bertz CT molecular complexity index is 1210. The van der Waals surface area contributed by atoms with Crippen LogP contribution in [0.2, 0.25) is 0 Å². The number of carbonyl (C=O) groups is 1. The lowest BCUT2D eigenvalue weighted by atomic mass is 9.98. The Morgan fingerprint density at radius 1 is 0.970 bits per heavy atom. The van der Waals surface area contributed by atoms with Crippen LogP contribution >= 0.6 is 0 Å². The molecule has 0 N–H and O–H groups in total. The van der Waals surface area contributed by atoms with Crippen LogP contribution in [0, 0.1) is 0 Å². The lowest BCUT2D eigenvalue weighted by Gasteiger charge is -2.33. The van der Waals surface area contributed by atoms with Crippen LogP contribution in [0.15, 0.2) is 72.8 Å². The Morgan fingerprint density at radius 3 is 2.39 bits per heavy atom. The van der Waals surface area contributed by atoms with Gasteiger partial charge < -0.3 is 9.47 Å². The van der Waals surface area contributed by atoms with Crippen molar-refractivity contribution in [2.75, 3.05) is 13.7 Å². The summed E-state index contributed by atoms with van der Waals surface area (Å²) in [6.07, 6.45) is 4.72. The zero-order valence-corrected chi connectivity index (χ0v) is 18.6. The van der Waals surface area contributed by atoms with Gasteiger partial charge in [-0.2, -0.15) is 0 Å². The molecular formula is C28H26N2O3. The van der Waals surface area contributed by atoms with Gasteiger partial charge in [0, 0.05) is 18.0 Å². The highest BCUT2D eigenvalue weighted by atomic mass is 16.6. The second-order valence-corrected chi connectivity index (χ2v) is 8.97. The van der Waals surface area contributed by atoms with Gasteiger partial charge in [-0.15, -0.1) is 0 Å². The number of carbonyl (C=O) groups excluding carboxylic acids is 1. The number of aromatic nitrogens is 1. The van der Waals surface area contributed by atoms with Crippen molar-refractivity contribution in [1.82, 2.24) is 9.88 Å². The maximum Gasteiger partial charge on any atom is 0.410 e. The van der Waals surface area contributed by atoms with Gasteiger partial charge in [0.05, 0.1) is 18.8 Å². The molecule has 2 aromatic carbocycles. The van der Waals surface area contributed by atoms with Crippen molar-refractivity contribution in [3.63, 3.8) is 0 Å². The molecule has 1 fully saturated rings. The number of hydrogen-bond acceptors (Lipinski definition) is 4. The van der Waals surface area contributed by atoms with Crippen LogP contribution in [-0.2, 0) is 4.74 Å². The highest BCUT2D eigenvalue weighted by Crippen LogP contribution is 2.45. The molecule has 3 heterocycles. The van der Waals surface area contributed by atoms with Crippen LogP contribution in [0.5, 0.6) is 5.88 Å². The highest BCUT2D eigenvalue weighted by molar-refractivity contribution is 5.79. The average molecular weight is 439 g/mol. The van der Waals surface area contributed by atoms with Gasteiger partial charge in [-0.3, -0.25) is 4.90 Å². The van der Waals surface area contributed by atoms with Gasteiger partial charge >= 0.3 is 6.09 Å². The average Bonchev–Trinajstić information content (AvgIpc) is 3.33. The Labute approximate surface area is 193 Å². The fourth-order valence-corrected chi connectivity index (χ4v) is 5.68. The third-order valence-corrected chi connectivity index (χ3v) is 7.20. The third kappa shape index (κ3) is 3.39. The minimum absolute atomic E-state index is 0.0578. The number of methoxy groups -OCH3 is 1. The molecule has 5 heteroatoms. The first-order valence-corrected chi connectivity index (χ1v) is 11.6. The molecule has 1 saturated heterocycles. The molecule has 5 nitrogen and oxygen atoms in total. The molecule has 2 unspecified atom stereocenters. The van der Waals surface area contributed by atoms with E-state index in [2.05, 4.69) is 59.6 Å². The molecule has 166 valence electrons. The Balaban J connectivity index is 1.20. The predicted octanol–water partition coefficient (Wildman–Crippen LogP) is 5.66. The fourth-order valence-electron chi connectivity index (χ4n) is 5.68. The summed E-state index contributed by atoms with van der Waals surface area (Å²) < 4.78 is 11.2. The van der Waals surface area contributed by atoms with Crippen LogP contribution in [0.4, 0.5) is 4.79 Å². The third-order valence-electron chi connectivity index (χ3n) is 7.20. The van der Waals surface area contributed by atoms with Crippen molar-refractivity contribution in [1.29, 1.82) is 0 Å². The van der Waals surface area contributed by atoms with E-state index in [0.717, 1.165) is 25.0 Å². The summed E-state index contributed by atoms with van der Waals surface area (Å²) >= 11 is 0. The second-order valence-electron chi connectivity index (χ2n) is 8.97. The van der Waals surface area contributed by atoms with Crippen LogP contribution in [0.1, 0.15) is 42.0 Å². The molecule has 1 amide bonds. The van der Waals surface area contributed by atoms with Crippen LogP contribution in [-0.4, -0.2) is 41.8 Å². The van der Waals surface area contributed by atoms with Crippen molar-refractivity contribution in [2.45, 2.75) is 37.3 Å². The predicted molar refractivity (Wildman–Crippen MR) is 127 cm³/mol. The molecule has 0 spiro atoms. The first kappa shape index (κ1) is 20.0. The molecule has 2 atom stereocenters. The standard InChI is InChI=1S/C28H26N2O3/c1-32-27-12-6-11-26(29-27)18-15-19-13-14-20(16-18)30(19)28(31)33-17-25-23-9-4-2-7-21(23)22-8-3-5-10-24(22)25/h2-12,15,19-20,25H,13-14,16-17H2,1H3. The summed E-state index contributed by atoms with van der Waals surface area (Å²) in [7, 11) is 1.63. The quantitative estimate of drug-likeness (QED) is 0.527. The first-order chi connectivity index (χ1) is 16.2. The van der Waals surface area contributed by atoms with Gasteiger partial charge in [0.15, 0.2) is 0 Å². The van der Waals surface area contributed by atoms with E-state index in [4.69, 9.17) is 9.47 Å². The molecule has 1 aromatic heterocycles. The molecular weight excluding hydrogens is 412 g/mol. The van der Waals surface area contributed by atoms with E-state index < -0.39 is 0 Å². The number of benzene rings is 2. The van der Waals surface area contributed by atoms with Gasteiger partial charge in [-0.05, 0) is 53.2 Å². The van der Waals surface area contributed by atoms with E-state index in [9.17, 15) is 4.79 Å². The lowest BCUT2D eigenvalue weighted by molar-refractivity contribution is 0.0866. The summed E-state index contributed by atoms with van der Waals surface area (Å²) in [6, 6.07) is 22.9. The van der Waals surface area contributed by atoms with Crippen molar-refractivity contribution < 1.29 is 14.3 Å². The molecule has 0 radical (unpaired) electrons. The Hall–Kier alpha value is -3.60. The smallest absolute Gasteiger partial charge is 0.410 e. The summed E-state index contributed by atoms with van der Waals surface area (Å²) in [4.78, 5) is 19.8. The monoisotopic (exact) mass is 438 g/mol. The lowest BCUT2D eigenvalue weighted by Crippen LogP contribution is -2.43. The number of pyridine rings is 1. The number of nitrogens with zero attached hydrogens (tertiary/aromatic N) is 2. The van der Waals surface area contributed by atoms with Gasteiger partial charge in [0.25, 0.3) is 0 Å². The molecule has 1 aliphatic carbocycles. The summed E-state index contributed by atoms with van der Waals surface area (Å²) in [5.41, 5.74) is 7.07. The van der Waals surface area contributed by atoms with E-state index >= 15 is 0 Å². The van der Waals surface area contributed by atoms with Gasteiger partial charge in [-0.1, -0.05) is 60.7 Å². The number of fused-ring (bicyclic) bond motifs is 5. The molecule has 6 rings (SSSR count). The largest absolute Gasteiger partial charge is 0.481 e. The van der Waals surface area contributed by atoms with E-state index in [0.29, 0.717) is 12.5 Å². The van der Waals surface area contributed by atoms with Crippen molar-refractivity contribution in [3.8, 4) is 17.0 Å². The van der Waals surface area contributed by atoms with Gasteiger partial charge in [0.1, 0.15) is 6.61 Å². The maximum atomic E-state index is 13.2. The summed E-state index contributed by atoms with van der Waals surface area (Å²) in [6.45, 7) is 0.358. The normalized spacial score (nSPS) is 20.8. The Morgan fingerprint density at radius 2 is 1.70 bits per heavy atom. The highest BCUT2D eigenvalue weighted by Gasteiger charge is 2.41. The van der Waals surface area contributed by atoms with E-state index in [1.807, 2.05) is 23.1 Å². The second kappa shape index (κ2) is 8.07. The van der Waals surface area contributed by atoms with Crippen molar-refractivity contribution in [3.05, 3.63) is 89.6 Å². The van der Waals surface area contributed by atoms with Gasteiger partial charge in [-0.25, -0.2) is 9.78 Å². The topological polar surface area (TPSA) is 51.7 Å². The molecule has 33 heavy (non-hydrogen) atoms. The number of rotatable bonds is 4. The number of amides is 1. The zero-order valence-electron chi connectivity index (χ0n) is 18.6. The number of ether oxygens (including phenoxy) is 2. The molecule has 3 aliphatic rings. The molecule has 0 saturated carbocycles. The number of hydrogen-bond donors (Lipinski definition) is 0. The van der Waals surface area contributed by atoms with Gasteiger partial charge in [0.2, 0.25) is 5.88 Å². The molecule has 2 bridgehead atoms. The summed E-state index contributed by atoms with van der Waals surface area (Å²) in [5.74, 6) is 0.690. The Kier molecular flexibility index (Phi) is 4.90. The fraction of sp³-hybridized carbons (Fsp3) is 0.286. The van der Waals surface area contributed by atoms with E-state index in [-0.39, 0.29) is 24.1 Å². The zero-order chi connectivity index (χ0) is 22.4. The summed E-state index contributed by atoms with van der Waals surface area (Å²) in [5, 5.41) is 0. The maximum absolute atomic E-state index is 13.2. The first-order valence-electron chi connectivity index (χ1n) is 11.6. The molecule has 3 aromatic rings. The van der Waals surface area contributed by atoms with Crippen LogP contribution in [0.25, 0.3) is 16.7 Å².